The highest BCUT2D eigenvalue weighted by molar-refractivity contribution is 5.09. The number of rotatable bonds is 5. The van der Waals surface area contributed by atoms with Crippen LogP contribution in [0.3, 0.4) is 0 Å². The monoisotopic (exact) mass is 418 g/mol. The first kappa shape index (κ1) is 23.1. The van der Waals surface area contributed by atoms with Crippen molar-refractivity contribution in [2.24, 2.45) is 52.3 Å². The molecule has 4 saturated carbocycles. The van der Waals surface area contributed by atoms with Gasteiger partial charge in [-0.25, -0.2) is 0 Å². The van der Waals surface area contributed by atoms with Gasteiger partial charge in [0.05, 0.1) is 11.7 Å². The molecule has 0 unspecified atom stereocenters. The molecule has 0 aromatic heterocycles. The van der Waals surface area contributed by atoms with Crippen LogP contribution in [0.25, 0.3) is 0 Å². The Morgan fingerprint density at radius 3 is 2.27 bits per heavy atom. The van der Waals surface area contributed by atoms with Crippen LogP contribution in [0.4, 0.5) is 0 Å². The highest BCUT2D eigenvalue weighted by Crippen LogP contribution is 2.68. The van der Waals surface area contributed by atoms with Crippen molar-refractivity contribution < 1.29 is 10.2 Å². The maximum atomic E-state index is 10.8. The predicted molar refractivity (Wildman–Crippen MR) is 125 cm³/mol. The molecule has 0 saturated heterocycles. The van der Waals surface area contributed by atoms with E-state index in [0.717, 1.165) is 54.8 Å². The summed E-state index contributed by atoms with van der Waals surface area (Å²) in [6.45, 7) is 14.1. The third-order valence-corrected chi connectivity index (χ3v) is 11.7. The Balaban J connectivity index is 1.46. The molecule has 0 amide bonds. The molecule has 0 heterocycles. The second-order valence-electron chi connectivity index (χ2n) is 13.3. The summed E-state index contributed by atoms with van der Waals surface area (Å²) in [6, 6.07) is 0. The van der Waals surface area contributed by atoms with E-state index in [4.69, 9.17) is 0 Å². The number of hydrogen-bond acceptors (Lipinski definition) is 2. The first-order valence-corrected chi connectivity index (χ1v) is 13.4. The van der Waals surface area contributed by atoms with Crippen molar-refractivity contribution in [1.82, 2.24) is 0 Å². The molecule has 0 spiro atoms. The zero-order valence-electron chi connectivity index (χ0n) is 20.8. The molecule has 4 rings (SSSR count). The summed E-state index contributed by atoms with van der Waals surface area (Å²) in [7, 11) is 0. The van der Waals surface area contributed by atoms with Crippen molar-refractivity contribution in [1.29, 1.82) is 0 Å². The van der Waals surface area contributed by atoms with Gasteiger partial charge in [0.15, 0.2) is 0 Å². The van der Waals surface area contributed by atoms with Crippen molar-refractivity contribution >= 4 is 0 Å². The number of aliphatic hydroxyl groups excluding tert-OH is 1. The Bertz CT molecular complexity index is 612. The molecular weight excluding hydrogens is 368 g/mol. The Morgan fingerprint density at radius 1 is 0.900 bits per heavy atom. The van der Waals surface area contributed by atoms with E-state index >= 15 is 0 Å². The summed E-state index contributed by atoms with van der Waals surface area (Å²) < 4.78 is 0. The van der Waals surface area contributed by atoms with Crippen LogP contribution in [-0.4, -0.2) is 21.9 Å². The zero-order valence-corrected chi connectivity index (χ0v) is 20.8. The summed E-state index contributed by atoms with van der Waals surface area (Å²) in [4.78, 5) is 0. The molecular formula is C28H50O2. The molecule has 0 aliphatic heterocycles. The zero-order chi connectivity index (χ0) is 21.9. The standard InChI is InChI=1S/C28H50O2/c1-18(2)28(6,30)16-11-19(3)23-9-10-24-22-8-7-20-17-21(29)12-14-26(20,4)25(22)13-15-27(23,24)5/h18-25,29-30H,7-17H2,1-6H3/t19-,20+,21+,22+,23-,24+,25+,26+,27-,28-/m1/s1. The first-order valence-electron chi connectivity index (χ1n) is 13.4. The van der Waals surface area contributed by atoms with Gasteiger partial charge in [-0.2, -0.15) is 0 Å². The van der Waals surface area contributed by atoms with Gasteiger partial charge in [-0.05, 0) is 130 Å². The molecule has 30 heavy (non-hydrogen) atoms. The lowest BCUT2D eigenvalue weighted by molar-refractivity contribution is -0.129. The summed E-state index contributed by atoms with van der Waals surface area (Å²) >= 11 is 0. The van der Waals surface area contributed by atoms with Crippen molar-refractivity contribution in [3.05, 3.63) is 0 Å². The smallest absolute Gasteiger partial charge is 0.0642 e. The minimum atomic E-state index is -0.524. The van der Waals surface area contributed by atoms with Crippen LogP contribution >= 0.6 is 0 Å². The fourth-order valence-corrected chi connectivity index (χ4v) is 9.22. The van der Waals surface area contributed by atoms with Crippen LogP contribution in [0.15, 0.2) is 0 Å². The van der Waals surface area contributed by atoms with E-state index < -0.39 is 5.60 Å². The van der Waals surface area contributed by atoms with Crippen LogP contribution in [0.5, 0.6) is 0 Å². The summed E-state index contributed by atoms with van der Waals surface area (Å²) in [5.41, 5.74) is 0.480. The molecule has 174 valence electrons. The van der Waals surface area contributed by atoms with Crippen LogP contribution in [0, 0.1) is 52.3 Å². The molecule has 10 atom stereocenters. The van der Waals surface area contributed by atoms with Gasteiger partial charge in [-0.15, -0.1) is 0 Å². The van der Waals surface area contributed by atoms with Gasteiger partial charge < -0.3 is 10.2 Å². The van der Waals surface area contributed by atoms with Gasteiger partial charge in [0.1, 0.15) is 0 Å². The quantitative estimate of drug-likeness (QED) is 0.513. The van der Waals surface area contributed by atoms with Crippen molar-refractivity contribution in [2.45, 2.75) is 124 Å². The third kappa shape index (κ3) is 3.70. The second kappa shape index (κ2) is 8.05. The fourth-order valence-electron chi connectivity index (χ4n) is 9.22. The van der Waals surface area contributed by atoms with Crippen molar-refractivity contribution in [2.75, 3.05) is 0 Å². The Labute approximate surface area is 186 Å². The van der Waals surface area contributed by atoms with E-state index in [1.165, 1.54) is 51.4 Å². The van der Waals surface area contributed by atoms with Crippen LogP contribution in [0.2, 0.25) is 0 Å². The van der Waals surface area contributed by atoms with Gasteiger partial charge in [-0.3, -0.25) is 0 Å². The lowest BCUT2D eigenvalue weighted by Crippen LogP contribution is -2.54. The fraction of sp³-hybridized carbons (Fsp3) is 1.00. The van der Waals surface area contributed by atoms with Crippen LogP contribution in [-0.2, 0) is 0 Å². The third-order valence-electron chi connectivity index (χ3n) is 11.7. The highest BCUT2D eigenvalue weighted by Gasteiger charge is 2.60. The SMILES string of the molecule is CC(C)[C@](C)(O)CC[C@@H](C)[C@H]1CC[C@H]2[C@@H]3CC[C@H]4C[C@@H](O)CC[C@]4(C)[C@H]3CC[C@]12C. The average molecular weight is 419 g/mol. The van der Waals surface area contributed by atoms with Gasteiger partial charge in [0.25, 0.3) is 0 Å². The topological polar surface area (TPSA) is 40.5 Å². The molecule has 4 aliphatic carbocycles. The number of hydrogen-bond donors (Lipinski definition) is 2. The molecule has 2 N–H and O–H groups in total. The second-order valence-corrected chi connectivity index (χ2v) is 13.3. The van der Waals surface area contributed by atoms with Crippen molar-refractivity contribution in [3.8, 4) is 0 Å². The number of fused-ring (bicyclic) bond motifs is 5. The summed E-state index contributed by atoms with van der Waals surface area (Å²) in [5, 5.41) is 21.0. The van der Waals surface area contributed by atoms with E-state index in [2.05, 4.69) is 34.6 Å². The van der Waals surface area contributed by atoms with E-state index in [-0.39, 0.29) is 6.10 Å². The van der Waals surface area contributed by atoms with E-state index in [1.807, 2.05) is 6.92 Å². The number of aliphatic hydroxyl groups is 2. The van der Waals surface area contributed by atoms with Gasteiger partial charge in [-0.1, -0.05) is 34.6 Å². The van der Waals surface area contributed by atoms with Crippen molar-refractivity contribution in [3.63, 3.8) is 0 Å². The summed E-state index contributed by atoms with van der Waals surface area (Å²) in [6.07, 6.45) is 13.9. The van der Waals surface area contributed by atoms with E-state index in [1.54, 1.807) is 0 Å². The van der Waals surface area contributed by atoms with Gasteiger partial charge >= 0.3 is 0 Å². The lowest BCUT2D eigenvalue weighted by Gasteiger charge is -2.61. The minimum Gasteiger partial charge on any atom is -0.393 e. The molecule has 4 fully saturated rings. The van der Waals surface area contributed by atoms with Gasteiger partial charge in [0.2, 0.25) is 0 Å². The minimum absolute atomic E-state index is 0.0340. The molecule has 0 bridgehead atoms. The first-order chi connectivity index (χ1) is 14.0. The van der Waals surface area contributed by atoms with Gasteiger partial charge in [0, 0.05) is 0 Å². The average Bonchev–Trinajstić information content (AvgIpc) is 3.04. The van der Waals surface area contributed by atoms with E-state index in [0.29, 0.717) is 16.7 Å². The highest BCUT2D eigenvalue weighted by atomic mass is 16.3. The Hall–Kier alpha value is -0.0800. The molecule has 0 aromatic carbocycles. The van der Waals surface area contributed by atoms with Crippen LogP contribution < -0.4 is 0 Å². The Morgan fingerprint density at radius 2 is 1.57 bits per heavy atom. The summed E-state index contributed by atoms with van der Waals surface area (Å²) in [5.74, 6) is 5.40. The predicted octanol–water partition coefficient (Wildman–Crippen LogP) is 6.83. The van der Waals surface area contributed by atoms with E-state index in [9.17, 15) is 10.2 Å². The lowest BCUT2D eigenvalue weighted by atomic mass is 9.44. The largest absolute Gasteiger partial charge is 0.393 e. The molecule has 2 nitrogen and oxygen atoms in total. The maximum Gasteiger partial charge on any atom is 0.0642 e. The van der Waals surface area contributed by atoms with Crippen LogP contribution in [0.1, 0.15) is 112 Å². The molecule has 0 aromatic rings. The molecule has 4 aliphatic rings. The molecule has 0 radical (unpaired) electrons. The normalized spacial score (nSPS) is 49.1. The maximum absolute atomic E-state index is 10.8. The molecule has 2 heteroatoms. The Kier molecular flexibility index (Phi) is 6.20.